The Morgan fingerprint density at radius 2 is 1.58 bits per heavy atom. The zero-order valence-electron chi connectivity index (χ0n) is 6.79. The van der Waals surface area contributed by atoms with Gasteiger partial charge in [-0.25, -0.2) is 0 Å². The highest BCUT2D eigenvalue weighted by molar-refractivity contribution is 9.30. The lowest BCUT2D eigenvalue weighted by Crippen LogP contribution is -2.37. The third-order valence-electron chi connectivity index (χ3n) is 1.58. The van der Waals surface area contributed by atoms with Gasteiger partial charge in [0.2, 0.25) is 0 Å². The van der Waals surface area contributed by atoms with E-state index in [9.17, 15) is 0 Å². The maximum Gasteiger partial charge on any atom is 0.128 e. The molecule has 0 spiro atoms. The van der Waals surface area contributed by atoms with Gasteiger partial charge in [0.05, 0.1) is 6.61 Å². The Labute approximate surface area is 107 Å². The molecule has 0 unspecified atom stereocenters. The Balaban J connectivity index is 4.17. The molecule has 0 fully saturated rings. The topological polar surface area (TPSA) is 20.2 Å². The smallest absolute Gasteiger partial charge is 0.128 e. The van der Waals surface area contributed by atoms with Crippen LogP contribution in [0.25, 0.3) is 0 Å². The van der Waals surface area contributed by atoms with E-state index in [4.69, 9.17) is 5.11 Å². The number of aliphatic hydroxyl groups is 1. The van der Waals surface area contributed by atoms with Crippen molar-refractivity contribution < 1.29 is 5.11 Å². The van der Waals surface area contributed by atoms with E-state index >= 15 is 0 Å². The summed E-state index contributed by atoms with van der Waals surface area (Å²) in [7, 11) is 0. The van der Waals surface area contributed by atoms with Crippen molar-refractivity contribution in [2.75, 3.05) is 6.61 Å². The maximum atomic E-state index is 9.08. The number of alkyl halides is 4. The van der Waals surface area contributed by atoms with Gasteiger partial charge in [-0.15, -0.1) is 0 Å². The number of halogens is 4. The Hall–Kier alpha value is 1.88. The average Bonchev–Trinajstić information content (AvgIpc) is 2.00. The molecule has 12 heavy (non-hydrogen) atoms. The zero-order valence-corrected chi connectivity index (χ0v) is 13.1. The van der Waals surface area contributed by atoms with Gasteiger partial charge < -0.3 is 5.11 Å². The monoisotopic (exact) mass is 428 g/mol. The van der Waals surface area contributed by atoms with Crippen molar-refractivity contribution in [2.24, 2.45) is 0 Å². The van der Waals surface area contributed by atoms with Crippen molar-refractivity contribution in [3.63, 3.8) is 0 Å². The summed E-state index contributed by atoms with van der Waals surface area (Å²) in [6.45, 7) is 2.16. The number of hydrogen-bond donors (Lipinski definition) is 1. The Bertz CT molecular complexity index is 135. The first-order valence-electron chi connectivity index (χ1n) is 3.74. The minimum absolute atomic E-state index is 0.0210. The van der Waals surface area contributed by atoms with Crippen molar-refractivity contribution in [1.29, 1.82) is 0 Å². The molecule has 0 atom stereocenters. The molecule has 0 aromatic rings. The average molecular weight is 432 g/mol. The molecule has 0 aromatic heterocycles. The van der Waals surface area contributed by atoms with Crippen LogP contribution >= 0.6 is 63.7 Å². The first kappa shape index (κ1) is 13.9. The molecule has 1 nitrogen and oxygen atoms in total. The van der Waals surface area contributed by atoms with Gasteiger partial charge in [0.25, 0.3) is 0 Å². The highest BCUT2D eigenvalue weighted by Crippen LogP contribution is 2.50. The highest BCUT2D eigenvalue weighted by Gasteiger charge is 2.43. The van der Waals surface area contributed by atoms with Crippen LogP contribution in [-0.2, 0) is 0 Å². The van der Waals surface area contributed by atoms with Gasteiger partial charge in [-0.1, -0.05) is 83.5 Å². The van der Waals surface area contributed by atoms with Crippen LogP contribution in [0.2, 0.25) is 0 Å². The summed E-state index contributed by atoms with van der Waals surface area (Å²) in [6, 6.07) is 0. The summed E-state index contributed by atoms with van der Waals surface area (Å²) >= 11 is 13.9. The summed E-state index contributed by atoms with van der Waals surface area (Å²) < 4.78 is -0.792. The molecule has 0 heterocycles. The number of rotatable bonds is 5. The summed E-state index contributed by atoms with van der Waals surface area (Å²) in [4.78, 5) is 0. The summed E-state index contributed by atoms with van der Waals surface area (Å²) in [6.07, 6.45) is 3.19. The molecule has 0 amide bonds. The Morgan fingerprint density at radius 1 is 1.08 bits per heavy atom. The molecule has 0 aliphatic heterocycles. The maximum absolute atomic E-state index is 9.08. The van der Waals surface area contributed by atoms with Gasteiger partial charge in [-0.3, -0.25) is 0 Å². The first-order valence-corrected chi connectivity index (χ1v) is 6.91. The lowest BCUT2D eigenvalue weighted by Gasteiger charge is -2.32. The predicted molar refractivity (Wildman–Crippen MR) is 67.8 cm³/mol. The molecule has 1 N–H and O–H groups in total. The van der Waals surface area contributed by atoms with Gasteiger partial charge >= 0.3 is 0 Å². The second-order valence-corrected chi connectivity index (χ2v) is 10.2. The van der Waals surface area contributed by atoms with E-state index in [1.54, 1.807) is 0 Å². The van der Waals surface area contributed by atoms with E-state index in [0.29, 0.717) is 0 Å². The fourth-order valence-electron chi connectivity index (χ4n) is 0.697. The van der Waals surface area contributed by atoms with Crippen LogP contribution in [0.1, 0.15) is 26.2 Å². The largest absolute Gasteiger partial charge is 0.394 e. The molecule has 0 saturated heterocycles. The molecular formula is C7H12Br4O. The third-order valence-corrected chi connectivity index (χ3v) is 7.71. The van der Waals surface area contributed by atoms with Crippen LogP contribution in [-0.4, -0.2) is 18.2 Å². The van der Waals surface area contributed by atoms with E-state index < -0.39 is 3.23 Å². The fraction of sp³-hybridized carbons (Fsp3) is 1.00. The van der Waals surface area contributed by atoms with E-state index in [1.165, 1.54) is 0 Å². The van der Waals surface area contributed by atoms with E-state index in [2.05, 4.69) is 70.6 Å². The van der Waals surface area contributed by atoms with Crippen LogP contribution in [0.15, 0.2) is 0 Å². The predicted octanol–water partition coefficient (Wildman–Crippen LogP) is 4.14. The number of aliphatic hydroxyl groups excluding tert-OH is 1. The standard InChI is InChI=1S/C7H12Br4O/c1-2-3-4-6(8,9)7(10,11)5-12/h12H,2-5H2,1H3. The SMILES string of the molecule is CCCCC(Br)(Br)C(Br)(Br)CO. The quantitative estimate of drug-likeness (QED) is 0.649. The number of hydrogen-bond acceptors (Lipinski definition) is 1. The van der Waals surface area contributed by atoms with Crippen LogP contribution < -0.4 is 0 Å². The fourth-order valence-corrected chi connectivity index (χ4v) is 1.91. The highest BCUT2D eigenvalue weighted by atomic mass is 79.9. The van der Waals surface area contributed by atoms with Gasteiger partial charge in [0, 0.05) is 0 Å². The molecule has 0 radical (unpaired) electrons. The van der Waals surface area contributed by atoms with E-state index in [-0.39, 0.29) is 9.84 Å². The molecule has 0 rings (SSSR count). The lowest BCUT2D eigenvalue weighted by molar-refractivity contribution is 0.282. The Kier molecular flexibility index (Phi) is 6.58. The Morgan fingerprint density at radius 3 is 1.92 bits per heavy atom. The van der Waals surface area contributed by atoms with Crippen molar-refractivity contribution in [1.82, 2.24) is 0 Å². The van der Waals surface area contributed by atoms with Crippen molar-refractivity contribution >= 4 is 63.7 Å². The lowest BCUT2D eigenvalue weighted by atomic mass is 10.1. The zero-order chi connectivity index (χ0) is 9.83. The van der Waals surface area contributed by atoms with Gasteiger partial charge in [0.1, 0.15) is 6.47 Å². The van der Waals surface area contributed by atoms with E-state index in [0.717, 1.165) is 19.3 Å². The molecule has 0 saturated carbocycles. The van der Waals surface area contributed by atoms with Gasteiger partial charge in [0.15, 0.2) is 0 Å². The first-order chi connectivity index (χ1) is 5.37. The second-order valence-electron chi connectivity index (χ2n) is 2.67. The molecule has 0 aliphatic rings. The minimum atomic E-state index is -0.498. The molecular weight excluding hydrogens is 420 g/mol. The van der Waals surface area contributed by atoms with Crippen LogP contribution in [0.3, 0.4) is 0 Å². The molecule has 0 bridgehead atoms. The summed E-state index contributed by atoms with van der Waals surface area (Å²) in [5.74, 6) is 0. The van der Waals surface area contributed by atoms with Crippen molar-refractivity contribution in [3.05, 3.63) is 0 Å². The molecule has 5 heteroatoms. The molecule has 0 aliphatic carbocycles. The summed E-state index contributed by atoms with van der Waals surface area (Å²) in [5, 5.41) is 9.08. The minimum Gasteiger partial charge on any atom is -0.394 e. The molecule has 0 aromatic carbocycles. The van der Waals surface area contributed by atoms with Gasteiger partial charge in [-0.05, 0) is 6.42 Å². The van der Waals surface area contributed by atoms with Crippen LogP contribution in [0.4, 0.5) is 0 Å². The molecule has 74 valence electrons. The second kappa shape index (κ2) is 5.69. The summed E-state index contributed by atoms with van der Waals surface area (Å²) in [5.41, 5.74) is 0. The number of unbranched alkanes of at least 4 members (excludes halogenated alkanes) is 1. The van der Waals surface area contributed by atoms with E-state index in [1.807, 2.05) is 0 Å². The normalized spacial score (nSPS) is 13.5. The van der Waals surface area contributed by atoms with Crippen molar-refractivity contribution in [2.45, 2.75) is 32.7 Å². The third kappa shape index (κ3) is 3.95. The van der Waals surface area contributed by atoms with Crippen molar-refractivity contribution in [3.8, 4) is 0 Å². The van der Waals surface area contributed by atoms with Gasteiger partial charge in [-0.2, -0.15) is 0 Å². The van der Waals surface area contributed by atoms with Crippen LogP contribution in [0.5, 0.6) is 0 Å². The van der Waals surface area contributed by atoms with Crippen LogP contribution in [0, 0.1) is 0 Å².